The predicted molar refractivity (Wildman–Crippen MR) is 87.8 cm³/mol. The van der Waals surface area contributed by atoms with Crippen molar-refractivity contribution < 1.29 is 19.4 Å². The van der Waals surface area contributed by atoms with Crippen LogP contribution in [0, 0.1) is 0 Å². The number of carboxylic acid groups (broad SMARTS) is 1. The lowest BCUT2D eigenvalue weighted by atomic mass is 9.99. The van der Waals surface area contributed by atoms with Crippen LogP contribution in [0.25, 0.3) is 0 Å². The molecule has 2 aromatic rings. The molecule has 1 atom stereocenters. The second-order valence-electron chi connectivity index (χ2n) is 5.17. The van der Waals surface area contributed by atoms with Crippen LogP contribution in [-0.2, 0) is 4.79 Å². The lowest BCUT2D eigenvalue weighted by Crippen LogP contribution is -2.11. The average Bonchev–Trinajstić information content (AvgIpc) is 2.58. The number of methoxy groups -OCH3 is 1. The van der Waals surface area contributed by atoms with Gasteiger partial charge in [0, 0.05) is 6.42 Å². The molecule has 122 valence electrons. The number of carboxylic acids is 1. The molecule has 0 heterocycles. The van der Waals surface area contributed by atoms with Gasteiger partial charge in [-0.05, 0) is 41.8 Å². The van der Waals surface area contributed by atoms with Crippen LogP contribution in [0.4, 0.5) is 0 Å². The first-order chi connectivity index (χ1) is 11.1. The fraction of sp³-hybridized carbons (Fsp3) is 0.278. The van der Waals surface area contributed by atoms with E-state index in [1.165, 1.54) is 0 Å². The number of carbonyl (C=O) groups is 1. The Labute approximate surface area is 135 Å². The van der Waals surface area contributed by atoms with Crippen molar-refractivity contribution in [1.82, 2.24) is 0 Å². The zero-order valence-electron chi connectivity index (χ0n) is 13.1. The van der Waals surface area contributed by atoms with Gasteiger partial charge in [-0.1, -0.05) is 24.3 Å². The lowest BCUT2D eigenvalue weighted by molar-refractivity contribution is -0.137. The van der Waals surface area contributed by atoms with Crippen molar-refractivity contribution in [2.45, 2.75) is 18.9 Å². The van der Waals surface area contributed by atoms with E-state index in [4.69, 9.17) is 20.3 Å². The van der Waals surface area contributed by atoms with Crippen molar-refractivity contribution in [3.8, 4) is 11.5 Å². The van der Waals surface area contributed by atoms with Crippen molar-refractivity contribution in [1.29, 1.82) is 0 Å². The van der Waals surface area contributed by atoms with Gasteiger partial charge in [-0.25, -0.2) is 0 Å². The van der Waals surface area contributed by atoms with Crippen LogP contribution in [-0.4, -0.2) is 24.8 Å². The Morgan fingerprint density at radius 3 is 2.04 bits per heavy atom. The molecule has 0 aliphatic rings. The Hall–Kier alpha value is -2.53. The molecule has 2 rings (SSSR count). The Morgan fingerprint density at radius 2 is 1.57 bits per heavy atom. The summed E-state index contributed by atoms with van der Waals surface area (Å²) in [5.41, 5.74) is 8.25. The van der Waals surface area contributed by atoms with Gasteiger partial charge < -0.3 is 20.3 Å². The van der Waals surface area contributed by atoms with E-state index in [0.29, 0.717) is 18.8 Å². The Kier molecular flexibility index (Phi) is 6.00. The van der Waals surface area contributed by atoms with E-state index in [2.05, 4.69) is 0 Å². The highest BCUT2D eigenvalue weighted by molar-refractivity contribution is 5.66. The third-order valence-electron chi connectivity index (χ3n) is 3.52. The summed E-state index contributed by atoms with van der Waals surface area (Å²) in [5.74, 6) is 0.696. The van der Waals surface area contributed by atoms with Crippen LogP contribution in [0.15, 0.2) is 48.5 Å². The van der Waals surface area contributed by atoms with Crippen molar-refractivity contribution in [3.63, 3.8) is 0 Å². The van der Waals surface area contributed by atoms with Gasteiger partial charge in [-0.3, -0.25) is 4.79 Å². The fourth-order valence-corrected chi connectivity index (χ4v) is 2.19. The molecule has 2 aromatic carbocycles. The molecule has 0 aliphatic heterocycles. The van der Waals surface area contributed by atoms with Gasteiger partial charge in [0.05, 0.1) is 19.8 Å². The zero-order chi connectivity index (χ0) is 16.7. The number of benzene rings is 2. The van der Waals surface area contributed by atoms with Gasteiger partial charge in [0.15, 0.2) is 0 Å². The molecule has 0 saturated heterocycles. The normalized spacial score (nSPS) is 11.7. The monoisotopic (exact) mass is 315 g/mol. The van der Waals surface area contributed by atoms with Gasteiger partial charge in [0.1, 0.15) is 11.5 Å². The van der Waals surface area contributed by atoms with E-state index in [1.807, 2.05) is 48.5 Å². The van der Waals surface area contributed by atoms with Crippen LogP contribution < -0.4 is 15.2 Å². The van der Waals surface area contributed by atoms with Crippen molar-refractivity contribution in [2.24, 2.45) is 5.73 Å². The van der Waals surface area contributed by atoms with Crippen molar-refractivity contribution in [2.75, 3.05) is 13.7 Å². The van der Waals surface area contributed by atoms with E-state index in [9.17, 15) is 4.79 Å². The summed E-state index contributed by atoms with van der Waals surface area (Å²) in [7, 11) is 1.63. The number of hydrogen-bond acceptors (Lipinski definition) is 4. The highest BCUT2D eigenvalue weighted by atomic mass is 16.5. The fourth-order valence-electron chi connectivity index (χ4n) is 2.19. The third kappa shape index (κ3) is 5.00. The van der Waals surface area contributed by atoms with Crippen LogP contribution >= 0.6 is 0 Å². The van der Waals surface area contributed by atoms with Gasteiger partial charge >= 0.3 is 5.97 Å². The molecule has 0 amide bonds. The predicted octanol–water partition coefficient (Wildman–Crippen LogP) is 2.99. The molecular formula is C18H21NO4. The summed E-state index contributed by atoms with van der Waals surface area (Å²) in [6.45, 7) is 0.385. The number of aliphatic carboxylic acids is 1. The molecule has 5 nitrogen and oxygen atoms in total. The molecule has 0 spiro atoms. The Balaban J connectivity index is 1.93. The smallest absolute Gasteiger partial charge is 0.303 e. The molecule has 5 heteroatoms. The number of hydrogen-bond donors (Lipinski definition) is 2. The summed E-state index contributed by atoms with van der Waals surface area (Å²) >= 11 is 0. The highest BCUT2D eigenvalue weighted by Gasteiger charge is 2.09. The zero-order valence-corrected chi connectivity index (χ0v) is 13.1. The Morgan fingerprint density at radius 1 is 1.04 bits per heavy atom. The van der Waals surface area contributed by atoms with Crippen LogP contribution in [0.5, 0.6) is 11.5 Å². The number of ether oxygens (including phenoxy) is 2. The summed E-state index contributed by atoms with van der Waals surface area (Å²) in [6, 6.07) is 15.0. The summed E-state index contributed by atoms with van der Waals surface area (Å²) < 4.78 is 10.6. The molecule has 23 heavy (non-hydrogen) atoms. The van der Waals surface area contributed by atoms with Crippen molar-refractivity contribution in [3.05, 3.63) is 59.7 Å². The molecule has 0 saturated carbocycles. The van der Waals surface area contributed by atoms with E-state index >= 15 is 0 Å². The first-order valence-electron chi connectivity index (χ1n) is 7.44. The molecule has 0 aromatic heterocycles. The van der Waals surface area contributed by atoms with Gasteiger partial charge in [0.25, 0.3) is 0 Å². The summed E-state index contributed by atoms with van der Waals surface area (Å²) in [4.78, 5) is 10.4. The molecule has 3 N–H and O–H groups in total. The van der Waals surface area contributed by atoms with Crippen LogP contribution in [0.2, 0.25) is 0 Å². The number of rotatable bonds is 8. The van der Waals surface area contributed by atoms with Crippen LogP contribution in [0.1, 0.15) is 30.0 Å². The lowest BCUT2D eigenvalue weighted by Gasteiger charge is -2.14. The maximum atomic E-state index is 10.4. The van der Waals surface area contributed by atoms with Gasteiger partial charge in [-0.2, -0.15) is 0 Å². The maximum Gasteiger partial charge on any atom is 0.303 e. The maximum absolute atomic E-state index is 10.4. The quantitative estimate of drug-likeness (QED) is 0.732. The van der Waals surface area contributed by atoms with Gasteiger partial charge in [-0.15, -0.1) is 0 Å². The minimum absolute atomic E-state index is 0.112. The Bertz CT molecular complexity index is 622. The minimum atomic E-state index is -0.811. The SMILES string of the molecule is COc1ccc(C(N)c2ccc(OCCCC(=O)O)cc2)cc1. The highest BCUT2D eigenvalue weighted by Crippen LogP contribution is 2.23. The first-order valence-corrected chi connectivity index (χ1v) is 7.44. The average molecular weight is 315 g/mol. The van der Waals surface area contributed by atoms with E-state index in [0.717, 1.165) is 16.9 Å². The molecule has 1 unspecified atom stereocenters. The summed E-state index contributed by atoms with van der Waals surface area (Å²) in [5, 5.41) is 8.57. The van der Waals surface area contributed by atoms with E-state index < -0.39 is 5.97 Å². The second kappa shape index (κ2) is 8.19. The van der Waals surface area contributed by atoms with Crippen molar-refractivity contribution >= 4 is 5.97 Å². The van der Waals surface area contributed by atoms with E-state index in [1.54, 1.807) is 7.11 Å². The van der Waals surface area contributed by atoms with Crippen LogP contribution in [0.3, 0.4) is 0 Å². The second-order valence-corrected chi connectivity index (χ2v) is 5.17. The minimum Gasteiger partial charge on any atom is -0.497 e. The largest absolute Gasteiger partial charge is 0.497 e. The topological polar surface area (TPSA) is 81.8 Å². The van der Waals surface area contributed by atoms with Gasteiger partial charge in [0.2, 0.25) is 0 Å². The first kappa shape index (κ1) is 16.8. The molecule has 0 fully saturated rings. The number of nitrogens with two attached hydrogens (primary N) is 1. The molecule has 0 radical (unpaired) electrons. The summed E-state index contributed by atoms with van der Waals surface area (Å²) in [6.07, 6.45) is 0.600. The molecule has 0 bridgehead atoms. The van der Waals surface area contributed by atoms with E-state index in [-0.39, 0.29) is 12.5 Å². The molecule has 0 aliphatic carbocycles. The standard InChI is InChI=1S/C18H21NO4/c1-22-15-8-4-13(5-9-15)18(19)14-6-10-16(11-7-14)23-12-2-3-17(20)21/h4-11,18H,2-3,12,19H2,1H3,(H,20,21). The third-order valence-corrected chi connectivity index (χ3v) is 3.52. The molecular weight excluding hydrogens is 294 g/mol.